The van der Waals surface area contributed by atoms with Gasteiger partial charge in [-0.3, -0.25) is 14.5 Å². The molecule has 0 bridgehead atoms. The van der Waals surface area contributed by atoms with E-state index in [9.17, 15) is 9.59 Å². The average molecular weight is 422 g/mol. The molecule has 3 rings (SSSR count). The molecule has 2 aromatic rings. The van der Waals surface area contributed by atoms with Crippen molar-refractivity contribution in [3.63, 3.8) is 0 Å². The first-order chi connectivity index (χ1) is 15.2. The van der Waals surface area contributed by atoms with Crippen LogP contribution in [0.4, 0.5) is 0 Å². The fourth-order valence-electron chi connectivity index (χ4n) is 3.73. The molecule has 2 N–H and O–H groups in total. The summed E-state index contributed by atoms with van der Waals surface area (Å²) in [5, 5.41) is 5.84. The molecule has 0 saturated carbocycles. The topological polar surface area (TPSA) is 70.7 Å². The van der Waals surface area contributed by atoms with Crippen molar-refractivity contribution < 1.29 is 14.3 Å². The summed E-state index contributed by atoms with van der Waals surface area (Å²) in [6.07, 6.45) is 5.97. The number of piperazine rings is 1. The number of hydrogen-bond donors (Lipinski definition) is 2. The van der Waals surface area contributed by atoms with E-state index in [-0.39, 0.29) is 18.2 Å². The van der Waals surface area contributed by atoms with Crippen molar-refractivity contribution >= 4 is 17.9 Å². The van der Waals surface area contributed by atoms with Gasteiger partial charge in [0.05, 0.1) is 19.6 Å². The molecular formula is C25H31N3O3. The minimum Gasteiger partial charge on any atom is -0.496 e. The quantitative estimate of drug-likeness (QED) is 0.579. The summed E-state index contributed by atoms with van der Waals surface area (Å²) in [5.74, 6) is 0.631. The van der Waals surface area contributed by atoms with Crippen molar-refractivity contribution in [3.8, 4) is 5.75 Å². The smallest absolute Gasteiger partial charge is 0.237 e. The van der Waals surface area contributed by atoms with Crippen LogP contribution in [0, 0.1) is 0 Å². The number of carbonyl (C=O) groups is 2. The Labute approximate surface area is 184 Å². The molecule has 2 aromatic carbocycles. The molecule has 164 valence electrons. The van der Waals surface area contributed by atoms with Gasteiger partial charge in [-0.25, -0.2) is 0 Å². The number of hydrogen-bond acceptors (Lipinski definition) is 4. The predicted octanol–water partition coefficient (Wildman–Crippen LogP) is 2.65. The molecule has 0 unspecified atom stereocenters. The molecule has 2 amide bonds. The van der Waals surface area contributed by atoms with Crippen molar-refractivity contribution in [1.29, 1.82) is 0 Å². The van der Waals surface area contributed by atoms with Crippen LogP contribution in [0.25, 0.3) is 6.08 Å². The summed E-state index contributed by atoms with van der Waals surface area (Å²) in [6.45, 7) is 2.51. The third kappa shape index (κ3) is 6.96. The second kappa shape index (κ2) is 11.9. The molecule has 0 aromatic heterocycles. The van der Waals surface area contributed by atoms with Gasteiger partial charge >= 0.3 is 0 Å². The van der Waals surface area contributed by atoms with E-state index in [0.29, 0.717) is 26.2 Å². The highest BCUT2D eigenvalue weighted by Crippen LogP contribution is 2.19. The van der Waals surface area contributed by atoms with Crippen LogP contribution in [0.15, 0.2) is 60.7 Å². The molecule has 1 aliphatic rings. The van der Waals surface area contributed by atoms with Crippen molar-refractivity contribution in [2.45, 2.75) is 25.3 Å². The Hall–Kier alpha value is -3.12. The van der Waals surface area contributed by atoms with Gasteiger partial charge < -0.3 is 15.4 Å². The Kier molecular flexibility index (Phi) is 8.67. The van der Waals surface area contributed by atoms with Crippen LogP contribution in [-0.4, -0.2) is 56.0 Å². The molecule has 1 atom stereocenters. The molecule has 1 saturated heterocycles. The van der Waals surface area contributed by atoms with Crippen molar-refractivity contribution in [3.05, 3.63) is 71.8 Å². The first-order valence-corrected chi connectivity index (χ1v) is 10.8. The normalized spacial score (nSPS) is 16.8. The number of nitrogens with zero attached hydrogens (tertiary/aromatic N) is 1. The van der Waals surface area contributed by atoms with Crippen LogP contribution in [-0.2, 0) is 16.0 Å². The zero-order chi connectivity index (χ0) is 21.9. The van der Waals surface area contributed by atoms with E-state index in [0.717, 1.165) is 24.2 Å². The summed E-state index contributed by atoms with van der Waals surface area (Å²) >= 11 is 0. The van der Waals surface area contributed by atoms with Crippen LogP contribution >= 0.6 is 0 Å². The summed E-state index contributed by atoms with van der Waals surface area (Å²) in [7, 11) is 1.65. The van der Waals surface area contributed by atoms with Crippen molar-refractivity contribution in [2.24, 2.45) is 0 Å². The van der Waals surface area contributed by atoms with Crippen molar-refractivity contribution in [1.82, 2.24) is 15.5 Å². The van der Waals surface area contributed by atoms with E-state index in [1.165, 1.54) is 5.56 Å². The minimum absolute atomic E-state index is 0.0867. The largest absolute Gasteiger partial charge is 0.496 e. The summed E-state index contributed by atoms with van der Waals surface area (Å²) < 4.78 is 5.37. The first-order valence-electron chi connectivity index (χ1n) is 10.8. The third-order valence-corrected chi connectivity index (χ3v) is 5.40. The van der Waals surface area contributed by atoms with Crippen LogP contribution in [0.5, 0.6) is 5.75 Å². The molecule has 1 heterocycles. The molecule has 0 spiro atoms. The Morgan fingerprint density at radius 1 is 1.19 bits per heavy atom. The minimum atomic E-state index is -0.454. The Balaban J connectivity index is 1.48. The zero-order valence-electron chi connectivity index (χ0n) is 18.0. The summed E-state index contributed by atoms with van der Waals surface area (Å²) in [6, 6.07) is 17.6. The van der Waals surface area contributed by atoms with E-state index < -0.39 is 6.04 Å². The Bertz CT molecular complexity index is 883. The lowest BCUT2D eigenvalue weighted by atomic mass is 10.1. The lowest BCUT2D eigenvalue weighted by Crippen LogP contribution is -2.56. The van der Waals surface area contributed by atoms with E-state index in [4.69, 9.17) is 4.74 Å². The van der Waals surface area contributed by atoms with Gasteiger partial charge in [0.25, 0.3) is 0 Å². The van der Waals surface area contributed by atoms with Gasteiger partial charge in [0.1, 0.15) is 5.75 Å². The van der Waals surface area contributed by atoms with Gasteiger partial charge in [-0.05, 0) is 24.5 Å². The first kappa shape index (κ1) is 22.6. The fourth-order valence-corrected chi connectivity index (χ4v) is 3.73. The molecule has 0 radical (unpaired) electrons. The second-order valence-corrected chi connectivity index (χ2v) is 7.59. The lowest BCUT2D eigenvalue weighted by molar-refractivity contribution is -0.133. The molecule has 0 aliphatic carbocycles. The van der Waals surface area contributed by atoms with Gasteiger partial charge in [-0.1, -0.05) is 60.7 Å². The number of rotatable bonds is 10. The van der Waals surface area contributed by atoms with E-state index in [1.54, 1.807) is 7.11 Å². The highest BCUT2D eigenvalue weighted by molar-refractivity contribution is 5.88. The van der Waals surface area contributed by atoms with Gasteiger partial charge in [0.2, 0.25) is 11.8 Å². The predicted molar refractivity (Wildman–Crippen MR) is 123 cm³/mol. The molecular weight excluding hydrogens is 390 g/mol. The number of aryl methyl sites for hydroxylation is 1. The fraction of sp³-hybridized carbons (Fsp3) is 0.360. The summed E-state index contributed by atoms with van der Waals surface area (Å²) in [5.41, 5.74) is 2.25. The number of benzene rings is 2. The second-order valence-electron chi connectivity index (χ2n) is 7.59. The number of methoxy groups -OCH3 is 1. The Morgan fingerprint density at radius 3 is 2.77 bits per heavy atom. The van der Waals surface area contributed by atoms with Crippen LogP contribution in [0.2, 0.25) is 0 Å². The van der Waals surface area contributed by atoms with Crippen LogP contribution in [0.3, 0.4) is 0 Å². The molecule has 31 heavy (non-hydrogen) atoms. The van der Waals surface area contributed by atoms with E-state index in [1.807, 2.05) is 59.5 Å². The maximum atomic E-state index is 12.4. The number of carbonyl (C=O) groups excluding carboxylic acids is 2. The molecule has 1 aliphatic heterocycles. The van der Waals surface area contributed by atoms with Crippen LogP contribution < -0.4 is 15.4 Å². The van der Waals surface area contributed by atoms with Gasteiger partial charge in [0, 0.05) is 31.7 Å². The maximum Gasteiger partial charge on any atom is 0.237 e. The van der Waals surface area contributed by atoms with E-state index >= 15 is 0 Å². The monoisotopic (exact) mass is 421 g/mol. The number of ether oxygens (including phenoxy) is 1. The van der Waals surface area contributed by atoms with Gasteiger partial charge in [-0.2, -0.15) is 0 Å². The van der Waals surface area contributed by atoms with Crippen LogP contribution in [0.1, 0.15) is 24.0 Å². The maximum absolute atomic E-state index is 12.4. The lowest BCUT2D eigenvalue weighted by Gasteiger charge is -2.33. The standard InChI is InChI=1S/C25H31N3O3/c1-31-23-14-6-5-12-21(23)13-8-17-28-18-16-27-25(30)22(28)19-24(29)26-15-7-11-20-9-3-2-4-10-20/h2-6,8-10,12-14,22H,7,11,15-19H2,1H3,(H,26,29)(H,27,30)/b13-8+/t22-/m1/s1. The van der Waals surface area contributed by atoms with E-state index in [2.05, 4.69) is 22.8 Å². The van der Waals surface area contributed by atoms with Gasteiger partial charge in [0.15, 0.2) is 0 Å². The third-order valence-electron chi connectivity index (χ3n) is 5.40. The highest BCUT2D eigenvalue weighted by Gasteiger charge is 2.30. The Morgan fingerprint density at radius 2 is 1.97 bits per heavy atom. The molecule has 6 nitrogen and oxygen atoms in total. The SMILES string of the molecule is COc1ccccc1/C=C/CN1CCNC(=O)[C@H]1CC(=O)NCCCc1ccccc1. The van der Waals surface area contributed by atoms with Gasteiger partial charge in [-0.15, -0.1) is 0 Å². The van der Waals surface area contributed by atoms with Crippen molar-refractivity contribution in [2.75, 3.05) is 33.3 Å². The number of para-hydroxylation sites is 1. The zero-order valence-corrected chi connectivity index (χ0v) is 18.0. The molecule has 1 fully saturated rings. The number of nitrogens with one attached hydrogen (secondary N) is 2. The highest BCUT2D eigenvalue weighted by atomic mass is 16.5. The average Bonchev–Trinajstić information content (AvgIpc) is 2.80. The summed E-state index contributed by atoms with van der Waals surface area (Å²) in [4.78, 5) is 26.9. The number of amides is 2. The molecule has 6 heteroatoms.